The topological polar surface area (TPSA) is 0 Å². The number of rotatable bonds is 8. The van der Waals surface area contributed by atoms with Crippen molar-refractivity contribution >= 4 is 0 Å². The molecule has 99 heavy (non-hydrogen) atoms. The van der Waals surface area contributed by atoms with Gasteiger partial charge in [0.15, 0.2) is 0 Å². The number of aryl methyl sites for hydroxylation is 8. The zero-order valence-corrected chi connectivity index (χ0v) is 66.2. The third kappa shape index (κ3) is 33.0. The van der Waals surface area contributed by atoms with Gasteiger partial charge in [-0.1, -0.05) is 368 Å². The lowest BCUT2D eigenvalue weighted by molar-refractivity contribution is 0.410. The Bertz CT molecular complexity index is 3440. The predicted molar refractivity (Wildman–Crippen MR) is 439 cm³/mol. The molecule has 0 nitrogen and oxygen atoms in total. The van der Waals surface area contributed by atoms with Gasteiger partial charge in [0.05, 0.1) is 0 Å². The summed E-state index contributed by atoms with van der Waals surface area (Å²) in [5.41, 5.74) is 24.7. The van der Waals surface area contributed by atoms with Crippen molar-refractivity contribution in [3.05, 3.63) is 283 Å². The fourth-order valence-electron chi connectivity index (χ4n) is 15.7. The first-order valence-corrected chi connectivity index (χ1v) is 39.7. The van der Waals surface area contributed by atoms with Gasteiger partial charge in [-0.15, -0.1) is 0 Å². The molecule has 0 amide bonds. The van der Waals surface area contributed by atoms with Crippen LogP contribution in [0.4, 0.5) is 0 Å². The van der Waals surface area contributed by atoms with E-state index in [-0.39, 0.29) is 0 Å². The summed E-state index contributed by atoms with van der Waals surface area (Å²) in [5.74, 6) is 4.30. The van der Waals surface area contributed by atoms with E-state index in [1.165, 1.54) is 215 Å². The van der Waals surface area contributed by atoms with E-state index >= 15 is 0 Å². The molecule has 0 heterocycles. The molecule has 536 valence electrons. The highest BCUT2D eigenvalue weighted by atomic mass is 14.3. The summed E-state index contributed by atoms with van der Waals surface area (Å²) >= 11 is 0. The molecule has 0 atom stereocenters. The Morgan fingerprint density at radius 1 is 0.232 bits per heavy atom. The van der Waals surface area contributed by atoms with Crippen molar-refractivity contribution in [3.8, 4) is 0 Å². The zero-order chi connectivity index (χ0) is 71.6. The first-order valence-electron chi connectivity index (χ1n) is 39.7. The zero-order valence-electron chi connectivity index (χ0n) is 66.2. The number of hydrogen-bond acceptors (Lipinski definition) is 0. The smallest absolute Gasteiger partial charge is 0.0159 e. The van der Waals surface area contributed by atoms with Crippen LogP contribution in [0.5, 0.6) is 0 Å². The minimum atomic E-state index is 0.395. The minimum Gasteiger partial charge on any atom is -0.0620 e. The van der Waals surface area contributed by atoms with Gasteiger partial charge in [-0.2, -0.15) is 0 Å². The molecular formula is C99H140. The highest BCUT2D eigenvalue weighted by molar-refractivity contribution is 5.33. The second-order valence-electron chi connectivity index (χ2n) is 34.5. The van der Waals surface area contributed by atoms with Gasteiger partial charge in [0.25, 0.3) is 0 Å². The van der Waals surface area contributed by atoms with Gasteiger partial charge in [0, 0.05) is 0 Å². The summed E-state index contributed by atoms with van der Waals surface area (Å²) in [4.78, 5) is 0. The van der Waals surface area contributed by atoms with Crippen LogP contribution < -0.4 is 0 Å². The average molecular weight is 1330 g/mol. The highest BCUT2D eigenvalue weighted by Crippen LogP contribution is 2.38. The lowest BCUT2D eigenvalue weighted by Crippen LogP contribution is -2.09. The van der Waals surface area contributed by atoms with E-state index in [1.807, 2.05) is 0 Å². The fourth-order valence-corrected chi connectivity index (χ4v) is 15.7. The molecule has 0 radical (unpaired) electrons. The second kappa shape index (κ2) is 42.9. The van der Waals surface area contributed by atoms with Crippen LogP contribution in [-0.2, 0) is 19.3 Å². The predicted octanol–water partition coefficient (Wildman–Crippen LogP) is 30.2. The van der Waals surface area contributed by atoms with Crippen molar-refractivity contribution in [2.45, 2.75) is 314 Å². The molecule has 0 heteroatoms. The van der Waals surface area contributed by atoms with Gasteiger partial charge in [-0.25, -0.2) is 0 Å². The third-order valence-electron chi connectivity index (χ3n) is 21.0. The SMILES string of the molecule is Cc1ccc(C2CCCCC2)cc1.Cc1ccc(CC(C)(C)C)cc1.Cc1cccc(C2CCCC2)c1.Cc1cccc(C2CCCCC2)c1.Cc1cccc(CC(C)(C)C)c1.Cc1ccccc1C1CCCC1.Cc1ccccc1C1CCCCC1.Cc1ccccc1CC(C)(C)C. The maximum absolute atomic E-state index is 2.36. The molecule has 5 aliphatic rings. The first-order chi connectivity index (χ1) is 47.3. The molecule has 0 spiro atoms. The molecule has 8 aromatic carbocycles. The molecule has 0 saturated heterocycles. The van der Waals surface area contributed by atoms with Crippen molar-refractivity contribution in [1.29, 1.82) is 0 Å². The molecule has 13 rings (SSSR count). The van der Waals surface area contributed by atoms with Gasteiger partial charge in [-0.3, -0.25) is 0 Å². The first kappa shape index (κ1) is 81.7. The van der Waals surface area contributed by atoms with E-state index in [1.54, 1.807) is 27.8 Å². The van der Waals surface area contributed by atoms with Gasteiger partial charge >= 0.3 is 0 Å². The molecular weight excluding hydrogens is 1190 g/mol. The molecule has 0 N–H and O–H groups in total. The second-order valence-corrected chi connectivity index (χ2v) is 34.5. The average Bonchev–Trinajstić information content (AvgIpc) is 1.88. The van der Waals surface area contributed by atoms with E-state index in [9.17, 15) is 0 Å². The standard InChI is InChI=1S/3C13H18.2C12H16.3C12H18/c1-11-7-5-6-10-13(11)12-8-3-2-4-9-12;1-11-6-5-9-13(10-11)12-7-3-2-4-8-12;1-11-7-9-13(10-8-11)12-5-3-2-4-6-12;1-10-6-2-5-9-12(10)11-7-3-4-8-11;1-10-5-4-8-12(9-10)11-6-2-3-7-11;1-10-5-7-11(8-6-10)9-12(2,3)4;1-10-6-5-7-11(8-10)9-12(2,3)4;1-10-7-5-6-8-11(10)9-12(2,3)4/h5-7,10,12H,2-4,8-9H2,1H3;5-6,9-10,12H,2-4,7-8H2,1H3;7-10,12H,2-6H2,1H3;2,5-6,9,11H,3-4,7-8H2,1H3;4-5,8-9,11H,2-3,6-7H2,1H3;3*5-8H,9H2,1-4H3. The molecule has 0 aromatic heterocycles. The molecule has 5 aliphatic carbocycles. The van der Waals surface area contributed by atoms with Crippen molar-refractivity contribution in [1.82, 2.24) is 0 Å². The Morgan fingerprint density at radius 3 is 0.909 bits per heavy atom. The maximum Gasteiger partial charge on any atom is -0.0159 e. The van der Waals surface area contributed by atoms with Gasteiger partial charge in [0.2, 0.25) is 0 Å². The van der Waals surface area contributed by atoms with Crippen molar-refractivity contribution < 1.29 is 0 Å². The van der Waals surface area contributed by atoms with E-state index in [4.69, 9.17) is 0 Å². The number of benzene rings is 8. The summed E-state index contributed by atoms with van der Waals surface area (Å²) in [6.07, 6.45) is 36.2. The molecule has 0 bridgehead atoms. The summed E-state index contributed by atoms with van der Waals surface area (Å²) in [6.45, 7) is 37.9. The quantitative estimate of drug-likeness (QED) is 0.142. The maximum atomic E-state index is 2.36. The Kier molecular flexibility index (Phi) is 35.4. The monoisotopic (exact) mass is 1330 g/mol. The molecule has 0 unspecified atom stereocenters. The summed E-state index contributed by atoms with van der Waals surface area (Å²) in [5, 5.41) is 0. The van der Waals surface area contributed by atoms with Crippen LogP contribution in [-0.4, -0.2) is 0 Å². The normalized spacial score (nSPS) is 16.1. The Balaban J connectivity index is 0.000000178. The Hall–Kier alpha value is -6.24. The van der Waals surface area contributed by atoms with E-state index < -0.39 is 0 Å². The van der Waals surface area contributed by atoms with Crippen LogP contribution in [0.25, 0.3) is 0 Å². The van der Waals surface area contributed by atoms with Crippen LogP contribution in [0.2, 0.25) is 0 Å². The van der Waals surface area contributed by atoms with Gasteiger partial charge < -0.3 is 0 Å². The van der Waals surface area contributed by atoms with E-state index in [0.29, 0.717) is 16.2 Å². The minimum absolute atomic E-state index is 0.395. The summed E-state index contributed by atoms with van der Waals surface area (Å²) in [7, 11) is 0. The largest absolute Gasteiger partial charge is 0.0620 e. The Labute approximate surface area is 609 Å². The van der Waals surface area contributed by atoms with E-state index in [0.717, 1.165) is 42.4 Å². The molecule has 5 saturated carbocycles. The van der Waals surface area contributed by atoms with Gasteiger partial charge in [-0.05, 0) is 246 Å². The lowest BCUT2D eigenvalue weighted by atomic mass is 9.82. The van der Waals surface area contributed by atoms with Gasteiger partial charge in [0.1, 0.15) is 0 Å². The summed E-state index contributed by atoms with van der Waals surface area (Å²) in [6, 6.07) is 71.0. The van der Waals surface area contributed by atoms with Crippen molar-refractivity contribution in [2.75, 3.05) is 0 Å². The summed E-state index contributed by atoms with van der Waals surface area (Å²) < 4.78 is 0. The number of hydrogen-bond donors (Lipinski definition) is 0. The van der Waals surface area contributed by atoms with Crippen LogP contribution in [0.3, 0.4) is 0 Å². The van der Waals surface area contributed by atoms with Crippen LogP contribution in [0, 0.1) is 71.6 Å². The third-order valence-corrected chi connectivity index (χ3v) is 21.0. The Morgan fingerprint density at radius 2 is 0.545 bits per heavy atom. The highest BCUT2D eigenvalue weighted by Gasteiger charge is 2.21. The lowest BCUT2D eigenvalue weighted by Gasteiger charge is -2.23. The van der Waals surface area contributed by atoms with Crippen LogP contribution >= 0.6 is 0 Å². The molecule has 8 aromatic rings. The van der Waals surface area contributed by atoms with Crippen molar-refractivity contribution in [2.24, 2.45) is 16.2 Å². The molecule has 5 fully saturated rings. The molecule has 0 aliphatic heterocycles. The van der Waals surface area contributed by atoms with Crippen LogP contribution in [0.1, 0.15) is 329 Å². The fraction of sp³-hybridized carbons (Fsp3) is 0.515. The van der Waals surface area contributed by atoms with Crippen LogP contribution in [0.15, 0.2) is 194 Å². The van der Waals surface area contributed by atoms with E-state index in [2.05, 4.69) is 312 Å². The van der Waals surface area contributed by atoms with Crippen molar-refractivity contribution in [3.63, 3.8) is 0 Å².